The third kappa shape index (κ3) is 5.26. The zero-order valence-corrected chi connectivity index (χ0v) is 22.4. The average Bonchev–Trinajstić information content (AvgIpc) is 3.25. The third-order valence-corrected chi connectivity index (χ3v) is 8.25. The van der Waals surface area contributed by atoms with Crippen molar-refractivity contribution in [3.05, 3.63) is 81.4 Å². The minimum atomic E-state index is -0.995. The minimum absolute atomic E-state index is 0.0517. The molecule has 1 aromatic carbocycles. The number of carbonyl (C=O) groups excluding carboxylic acids is 2. The van der Waals surface area contributed by atoms with Gasteiger partial charge in [0.2, 0.25) is 5.75 Å². The second-order valence-electron chi connectivity index (χ2n) is 10.8. The Hall–Kier alpha value is -4.32. The quantitative estimate of drug-likeness (QED) is 0.415. The van der Waals surface area contributed by atoms with Gasteiger partial charge in [-0.3, -0.25) is 19.0 Å². The number of halogens is 1. The summed E-state index contributed by atoms with van der Waals surface area (Å²) in [6.45, 7) is 2.94. The lowest BCUT2D eigenvalue weighted by molar-refractivity contribution is 0.0850. The first kappa shape index (κ1) is 26.9. The first-order valence-electron chi connectivity index (χ1n) is 13.8. The van der Waals surface area contributed by atoms with Gasteiger partial charge >= 0.3 is 0 Å². The van der Waals surface area contributed by atoms with E-state index in [0.29, 0.717) is 62.6 Å². The Balaban J connectivity index is 1.30. The van der Waals surface area contributed by atoms with Gasteiger partial charge in [0.05, 0.1) is 18.8 Å². The number of pyridine rings is 1. The highest BCUT2D eigenvalue weighted by Crippen LogP contribution is 2.43. The van der Waals surface area contributed by atoms with E-state index in [1.54, 1.807) is 18.3 Å². The number of aromatic hydroxyl groups is 1. The van der Waals surface area contributed by atoms with Crippen LogP contribution in [0.1, 0.15) is 57.9 Å². The molecule has 3 N–H and O–H groups in total. The molecule has 5 heterocycles. The van der Waals surface area contributed by atoms with Crippen molar-refractivity contribution >= 4 is 17.6 Å². The van der Waals surface area contributed by atoms with Crippen LogP contribution in [0, 0.1) is 11.7 Å². The number of rotatable bonds is 6. The lowest BCUT2D eigenvalue weighted by Gasteiger charge is -2.37. The smallest absolute Gasteiger partial charge is 0.296 e. The summed E-state index contributed by atoms with van der Waals surface area (Å²) >= 11 is 0. The number of nitrogens with zero attached hydrogens (tertiary/aromatic N) is 4. The largest absolute Gasteiger partial charge is 0.501 e. The molecule has 2 bridgehead atoms. The van der Waals surface area contributed by atoms with Gasteiger partial charge in [-0.15, -0.1) is 0 Å². The van der Waals surface area contributed by atoms with E-state index in [0.717, 1.165) is 12.8 Å². The van der Waals surface area contributed by atoms with Gasteiger partial charge in [0.25, 0.3) is 17.4 Å². The minimum Gasteiger partial charge on any atom is -0.501 e. The zero-order chi connectivity index (χ0) is 28.6. The van der Waals surface area contributed by atoms with Crippen molar-refractivity contribution in [1.29, 1.82) is 0 Å². The van der Waals surface area contributed by atoms with Crippen molar-refractivity contribution in [1.82, 2.24) is 25.2 Å². The van der Waals surface area contributed by atoms with E-state index in [9.17, 15) is 23.9 Å². The second kappa shape index (κ2) is 10.9. The maximum absolute atomic E-state index is 13.7. The molecule has 1 saturated carbocycles. The Morgan fingerprint density at radius 3 is 2.56 bits per heavy atom. The average molecular weight is 563 g/mol. The van der Waals surface area contributed by atoms with Crippen molar-refractivity contribution < 1.29 is 23.8 Å². The van der Waals surface area contributed by atoms with Crippen LogP contribution in [0.3, 0.4) is 0 Å². The number of fused-ring (bicyclic) bond motifs is 2. The van der Waals surface area contributed by atoms with E-state index < -0.39 is 34.3 Å². The highest BCUT2D eigenvalue weighted by Gasteiger charge is 2.46. The molecule has 1 aliphatic carbocycles. The van der Waals surface area contributed by atoms with Crippen LogP contribution in [-0.2, 0) is 23.4 Å². The van der Waals surface area contributed by atoms with Crippen molar-refractivity contribution in [2.45, 2.75) is 44.3 Å². The lowest BCUT2D eigenvalue weighted by Crippen LogP contribution is -2.50. The fourth-order valence-electron chi connectivity index (χ4n) is 5.94. The molecule has 3 aliphatic heterocycles. The summed E-state index contributed by atoms with van der Waals surface area (Å²) in [5.41, 5.74) is -1.05. The van der Waals surface area contributed by atoms with Crippen LogP contribution in [0.5, 0.6) is 5.75 Å². The Labute approximate surface area is 235 Å². The van der Waals surface area contributed by atoms with E-state index in [4.69, 9.17) is 4.74 Å². The highest BCUT2D eigenvalue weighted by atomic mass is 19.1. The van der Waals surface area contributed by atoms with E-state index in [-0.39, 0.29) is 24.2 Å². The standard InChI is InChI=1S/C29H31FN6O5/c30-21-3-1-18(2-4-21)16-32-26(39)23-24(37)27(40)36-17-19-5-8-29(9-6-19,28(36)33-23)34-25(38)20-7-10-31-22(15-20)35-11-13-41-14-12-35/h1-4,7,10,15,19,37H,5-6,8-9,11-14,16-17H2,(H,32,39)(H,34,38). The summed E-state index contributed by atoms with van der Waals surface area (Å²) in [6.07, 6.45) is 4.19. The van der Waals surface area contributed by atoms with Gasteiger partial charge in [-0.2, -0.15) is 0 Å². The van der Waals surface area contributed by atoms with E-state index >= 15 is 0 Å². The molecule has 0 radical (unpaired) electrons. The summed E-state index contributed by atoms with van der Waals surface area (Å²) in [5, 5.41) is 16.5. The molecule has 2 aromatic heterocycles. The maximum Gasteiger partial charge on any atom is 0.296 e. The number of morpholine rings is 1. The van der Waals surface area contributed by atoms with Gasteiger partial charge in [-0.05, 0) is 61.4 Å². The van der Waals surface area contributed by atoms with E-state index in [1.807, 2.05) is 0 Å². The fourth-order valence-corrected chi connectivity index (χ4v) is 5.94. The number of amides is 2. The van der Waals surface area contributed by atoms with Gasteiger partial charge in [0.15, 0.2) is 5.69 Å². The van der Waals surface area contributed by atoms with Crippen LogP contribution in [-0.4, -0.2) is 57.8 Å². The van der Waals surface area contributed by atoms with Gasteiger partial charge < -0.3 is 25.4 Å². The molecule has 0 atom stereocenters. The normalized spacial score (nSPS) is 21.6. The maximum atomic E-state index is 13.7. The molecule has 214 valence electrons. The van der Waals surface area contributed by atoms with Crippen molar-refractivity contribution in [3.8, 4) is 5.75 Å². The molecule has 7 rings (SSSR count). The Bertz CT molecular complexity index is 1530. The summed E-state index contributed by atoms with van der Waals surface area (Å²) in [7, 11) is 0. The molecule has 11 nitrogen and oxygen atoms in total. The van der Waals surface area contributed by atoms with Crippen LogP contribution in [0.25, 0.3) is 0 Å². The molecule has 1 saturated heterocycles. The van der Waals surface area contributed by atoms with Gasteiger partial charge in [0, 0.05) is 37.9 Å². The summed E-state index contributed by atoms with van der Waals surface area (Å²) < 4.78 is 20.1. The first-order chi connectivity index (χ1) is 19.8. The summed E-state index contributed by atoms with van der Waals surface area (Å²) in [5.74, 6) is -1.07. The predicted octanol–water partition coefficient (Wildman–Crippen LogP) is 2.08. The highest BCUT2D eigenvalue weighted by molar-refractivity contribution is 5.96. The number of carbonyl (C=O) groups is 2. The molecule has 0 spiro atoms. The number of aromatic nitrogens is 3. The molecule has 4 aliphatic rings. The lowest BCUT2D eigenvalue weighted by atomic mass is 9.77. The van der Waals surface area contributed by atoms with Crippen LogP contribution < -0.4 is 21.1 Å². The van der Waals surface area contributed by atoms with Gasteiger partial charge in [-0.25, -0.2) is 14.4 Å². The Morgan fingerprint density at radius 2 is 1.83 bits per heavy atom. The van der Waals surface area contributed by atoms with Gasteiger partial charge in [0.1, 0.15) is 17.5 Å². The van der Waals surface area contributed by atoms with Crippen LogP contribution in [0.4, 0.5) is 10.2 Å². The number of benzene rings is 1. The molecule has 41 heavy (non-hydrogen) atoms. The summed E-state index contributed by atoms with van der Waals surface area (Å²) in [4.78, 5) is 51.1. The fraction of sp³-hybridized carbons (Fsp3) is 0.414. The number of hydrogen-bond acceptors (Lipinski definition) is 8. The monoisotopic (exact) mass is 562 g/mol. The molecular formula is C29H31FN6O5. The topological polar surface area (TPSA) is 139 Å². The third-order valence-electron chi connectivity index (χ3n) is 8.25. The molecule has 2 fully saturated rings. The number of hydrogen-bond donors (Lipinski definition) is 3. The second-order valence-corrected chi connectivity index (χ2v) is 10.8. The Morgan fingerprint density at radius 1 is 1.10 bits per heavy atom. The molecular weight excluding hydrogens is 531 g/mol. The SMILES string of the molecule is O=C(NC12CCC(CC1)Cn1c2nc(C(=O)NCc2ccc(F)cc2)c(O)c1=O)c1ccnc(N2CCOCC2)c1. The van der Waals surface area contributed by atoms with Crippen LogP contribution >= 0.6 is 0 Å². The molecule has 3 aromatic rings. The number of anilines is 1. The molecule has 12 heteroatoms. The van der Waals surface area contributed by atoms with Crippen LogP contribution in [0.2, 0.25) is 0 Å². The van der Waals surface area contributed by atoms with Crippen LogP contribution in [0.15, 0.2) is 47.4 Å². The van der Waals surface area contributed by atoms with Crippen molar-refractivity contribution in [2.24, 2.45) is 5.92 Å². The van der Waals surface area contributed by atoms with E-state index in [2.05, 4.69) is 25.5 Å². The van der Waals surface area contributed by atoms with E-state index in [1.165, 1.54) is 28.8 Å². The zero-order valence-electron chi connectivity index (χ0n) is 22.4. The van der Waals surface area contributed by atoms with Crippen molar-refractivity contribution in [2.75, 3.05) is 31.2 Å². The van der Waals surface area contributed by atoms with Gasteiger partial charge in [-0.1, -0.05) is 12.1 Å². The molecule has 2 amide bonds. The first-order valence-corrected chi connectivity index (χ1v) is 13.8. The predicted molar refractivity (Wildman–Crippen MR) is 146 cm³/mol. The van der Waals surface area contributed by atoms with Crippen molar-refractivity contribution in [3.63, 3.8) is 0 Å². The Kier molecular flexibility index (Phi) is 7.16. The number of nitrogens with one attached hydrogen (secondary N) is 2. The number of ether oxygens (including phenoxy) is 1. The summed E-state index contributed by atoms with van der Waals surface area (Å²) in [6, 6.07) is 9.00. The molecule has 0 unspecified atom stereocenters.